The van der Waals surface area contributed by atoms with E-state index in [0.29, 0.717) is 11.4 Å². The summed E-state index contributed by atoms with van der Waals surface area (Å²) < 4.78 is 7.03. The highest BCUT2D eigenvalue weighted by molar-refractivity contribution is 5.93. The molecule has 0 aliphatic heterocycles. The zero-order valence-corrected chi connectivity index (χ0v) is 8.11. The molecule has 0 spiro atoms. The number of phenols is 1. The smallest absolute Gasteiger partial charge is 0.182 e. The lowest BCUT2D eigenvalue weighted by Crippen LogP contribution is -1.93. The number of nitrogens with zero attached hydrogens (tertiary/aromatic N) is 1. The maximum absolute atomic E-state index is 9.65. The third kappa shape index (κ3) is 1.00. The molecule has 0 aliphatic carbocycles. The van der Waals surface area contributed by atoms with Gasteiger partial charge < -0.3 is 20.1 Å². The van der Waals surface area contributed by atoms with E-state index in [4.69, 9.17) is 10.5 Å². The maximum atomic E-state index is 9.65. The van der Waals surface area contributed by atoms with Crippen LogP contribution in [0.3, 0.4) is 0 Å². The highest BCUT2D eigenvalue weighted by atomic mass is 16.5. The first-order valence-corrected chi connectivity index (χ1v) is 4.25. The van der Waals surface area contributed by atoms with E-state index < -0.39 is 0 Å². The van der Waals surface area contributed by atoms with Gasteiger partial charge in [-0.15, -0.1) is 0 Å². The van der Waals surface area contributed by atoms with Gasteiger partial charge in [-0.3, -0.25) is 0 Å². The molecule has 0 fully saturated rings. The van der Waals surface area contributed by atoms with Crippen LogP contribution >= 0.6 is 0 Å². The van der Waals surface area contributed by atoms with E-state index in [0.717, 1.165) is 10.9 Å². The second kappa shape index (κ2) is 2.83. The minimum Gasteiger partial charge on any atom is -0.503 e. The molecule has 0 saturated heterocycles. The number of rotatable bonds is 1. The molecule has 74 valence electrons. The largest absolute Gasteiger partial charge is 0.503 e. The first-order valence-electron chi connectivity index (χ1n) is 4.25. The van der Waals surface area contributed by atoms with Crippen molar-refractivity contribution in [3.05, 3.63) is 18.3 Å². The first kappa shape index (κ1) is 8.74. The summed E-state index contributed by atoms with van der Waals surface area (Å²) >= 11 is 0. The fourth-order valence-corrected chi connectivity index (χ4v) is 1.59. The molecule has 4 nitrogen and oxygen atoms in total. The molecule has 0 bridgehead atoms. The van der Waals surface area contributed by atoms with Gasteiger partial charge in [0.25, 0.3) is 0 Å². The fraction of sp³-hybridized carbons (Fsp3) is 0.200. The Morgan fingerprint density at radius 1 is 1.50 bits per heavy atom. The van der Waals surface area contributed by atoms with E-state index in [1.54, 1.807) is 6.07 Å². The molecular weight excluding hydrogens is 180 g/mol. The monoisotopic (exact) mass is 192 g/mol. The zero-order chi connectivity index (χ0) is 10.3. The Morgan fingerprint density at radius 3 is 2.86 bits per heavy atom. The van der Waals surface area contributed by atoms with E-state index >= 15 is 0 Å². The summed E-state index contributed by atoms with van der Waals surface area (Å²) in [5.74, 6) is 0.437. The predicted octanol–water partition coefficient (Wildman–Crippen LogP) is 1.47. The van der Waals surface area contributed by atoms with Crippen molar-refractivity contribution < 1.29 is 9.84 Å². The van der Waals surface area contributed by atoms with Gasteiger partial charge in [-0.25, -0.2) is 0 Å². The van der Waals surface area contributed by atoms with Crippen molar-refractivity contribution in [2.75, 3.05) is 12.8 Å². The van der Waals surface area contributed by atoms with Crippen LogP contribution in [0, 0.1) is 0 Å². The number of aromatic nitrogens is 1. The Bertz CT molecular complexity index is 488. The Labute approximate surface area is 81.5 Å². The zero-order valence-electron chi connectivity index (χ0n) is 8.11. The van der Waals surface area contributed by atoms with Gasteiger partial charge in [0.05, 0.1) is 18.3 Å². The van der Waals surface area contributed by atoms with Gasteiger partial charge in [-0.1, -0.05) is 0 Å². The number of nitrogens with two attached hydrogens (primary N) is 1. The average Bonchev–Trinajstić information content (AvgIpc) is 2.51. The number of nitrogen functional groups attached to an aromatic ring is 1. The third-order valence-corrected chi connectivity index (χ3v) is 2.35. The number of anilines is 1. The standard InChI is InChI=1S/C10H12N2O2/c1-12-4-3-6-8(12)5-7(11)9(13)10(6)14-2/h3-5,13H,11H2,1-2H3. The Morgan fingerprint density at radius 2 is 2.21 bits per heavy atom. The van der Waals surface area contributed by atoms with Crippen LogP contribution in [0.15, 0.2) is 18.3 Å². The number of fused-ring (bicyclic) bond motifs is 1. The van der Waals surface area contributed by atoms with Gasteiger partial charge in [0.15, 0.2) is 11.5 Å². The number of phenolic OH excluding ortho intramolecular Hbond substituents is 1. The van der Waals surface area contributed by atoms with Crippen LogP contribution in [0.4, 0.5) is 5.69 Å². The summed E-state index contributed by atoms with van der Waals surface area (Å²) in [4.78, 5) is 0. The minimum absolute atomic E-state index is 0.00574. The van der Waals surface area contributed by atoms with Crippen LogP contribution in [0.25, 0.3) is 10.9 Å². The summed E-state index contributed by atoms with van der Waals surface area (Å²) in [5, 5.41) is 10.5. The van der Waals surface area contributed by atoms with E-state index in [2.05, 4.69) is 0 Å². The van der Waals surface area contributed by atoms with Crippen LogP contribution < -0.4 is 10.5 Å². The van der Waals surface area contributed by atoms with Crippen molar-refractivity contribution in [3.63, 3.8) is 0 Å². The van der Waals surface area contributed by atoms with Gasteiger partial charge >= 0.3 is 0 Å². The summed E-state index contributed by atoms with van der Waals surface area (Å²) in [6, 6.07) is 3.61. The number of aromatic hydroxyl groups is 1. The quantitative estimate of drug-likeness (QED) is 0.531. The molecule has 0 saturated carbocycles. The Kier molecular flexibility index (Phi) is 1.77. The van der Waals surface area contributed by atoms with E-state index in [1.165, 1.54) is 7.11 Å². The molecule has 1 aromatic carbocycles. The highest BCUT2D eigenvalue weighted by Crippen LogP contribution is 2.39. The molecular formula is C10H12N2O2. The number of hydrogen-bond donors (Lipinski definition) is 2. The molecule has 14 heavy (non-hydrogen) atoms. The molecule has 0 amide bonds. The van der Waals surface area contributed by atoms with Crippen molar-refractivity contribution in [2.24, 2.45) is 7.05 Å². The first-order chi connectivity index (χ1) is 6.65. The second-order valence-electron chi connectivity index (χ2n) is 3.21. The van der Waals surface area contributed by atoms with Crippen molar-refractivity contribution in [2.45, 2.75) is 0 Å². The second-order valence-corrected chi connectivity index (χ2v) is 3.21. The van der Waals surface area contributed by atoms with Crippen LogP contribution in [0.2, 0.25) is 0 Å². The molecule has 0 radical (unpaired) electrons. The summed E-state index contributed by atoms with van der Waals surface area (Å²) in [7, 11) is 3.43. The highest BCUT2D eigenvalue weighted by Gasteiger charge is 2.12. The van der Waals surface area contributed by atoms with E-state index in [-0.39, 0.29) is 5.75 Å². The molecule has 3 N–H and O–H groups in total. The van der Waals surface area contributed by atoms with Gasteiger partial charge in [0, 0.05) is 18.6 Å². The van der Waals surface area contributed by atoms with Gasteiger partial charge in [-0.2, -0.15) is 0 Å². The molecule has 0 unspecified atom stereocenters. The average molecular weight is 192 g/mol. The topological polar surface area (TPSA) is 60.4 Å². The van der Waals surface area contributed by atoms with E-state index in [9.17, 15) is 5.11 Å². The number of methoxy groups -OCH3 is 1. The number of benzene rings is 1. The lowest BCUT2D eigenvalue weighted by Gasteiger charge is -2.08. The SMILES string of the molecule is COc1c(O)c(N)cc2c1ccn2C. The van der Waals surface area contributed by atoms with Gasteiger partial charge in [0.1, 0.15) is 0 Å². The molecule has 2 aromatic rings. The number of hydrogen-bond acceptors (Lipinski definition) is 3. The van der Waals surface area contributed by atoms with Crippen molar-refractivity contribution >= 4 is 16.6 Å². The van der Waals surface area contributed by atoms with Crippen molar-refractivity contribution in [1.82, 2.24) is 4.57 Å². The van der Waals surface area contributed by atoms with E-state index in [1.807, 2.05) is 23.9 Å². The minimum atomic E-state index is 0.00574. The van der Waals surface area contributed by atoms with Gasteiger partial charge in [-0.05, 0) is 12.1 Å². The molecule has 1 aromatic heterocycles. The predicted molar refractivity (Wildman–Crippen MR) is 55.5 cm³/mol. The Hall–Kier alpha value is -1.84. The third-order valence-electron chi connectivity index (χ3n) is 2.35. The normalized spacial score (nSPS) is 10.7. The van der Waals surface area contributed by atoms with Crippen molar-refractivity contribution in [1.29, 1.82) is 0 Å². The molecule has 0 atom stereocenters. The molecule has 4 heteroatoms. The number of aryl methyl sites for hydroxylation is 1. The van der Waals surface area contributed by atoms with Crippen LogP contribution in [0.1, 0.15) is 0 Å². The van der Waals surface area contributed by atoms with Gasteiger partial charge in [0.2, 0.25) is 0 Å². The molecule has 0 aliphatic rings. The number of ether oxygens (including phenoxy) is 1. The summed E-state index contributed by atoms with van der Waals surface area (Å²) in [6.45, 7) is 0. The maximum Gasteiger partial charge on any atom is 0.182 e. The Balaban J connectivity index is 2.90. The van der Waals surface area contributed by atoms with Crippen LogP contribution in [0.5, 0.6) is 11.5 Å². The molecule has 1 heterocycles. The summed E-state index contributed by atoms with van der Waals surface area (Å²) in [6.07, 6.45) is 1.89. The lowest BCUT2D eigenvalue weighted by atomic mass is 10.2. The van der Waals surface area contributed by atoms with Crippen LogP contribution in [-0.2, 0) is 7.05 Å². The molecule has 2 rings (SSSR count). The lowest BCUT2D eigenvalue weighted by molar-refractivity contribution is 0.379. The van der Waals surface area contributed by atoms with Crippen LogP contribution in [-0.4, -0.2) is 16.8 Å². The van der Waals surface area contributed by atoms with Crippen molar-refractivity contribution in [3.8, 4) is 11.5 Å². The summed E-state index contributed by atoms with van der Waals surface area (Å²) in [5.41, 5.74) is 6.92. The fourth-order valence-electron chi connectivity index (χ4n) is 1.59.